The molecule has 5 nitrogen and oxygen atoms in total. The van der Waals surface area contributed by atoms with Crippen LogP contribution in [0.5, 0.6) is 0 Å². The summed E-state index contributed by atoms with van der Waals surface area (Å²) in [5.41, 5.74) is 6.96. The van der Waals surface area contributed by atoms with E-state index >= 15 is 0 Å². The highest BCUT2D eigenvalue weighted by molar-refractivity contribution is 9.11. The standard InChI is InChI=1S/C11H14BrN5S/c12-9-5-7(6-18-9)10-14-11(16-15-10)17-3-1-8(13)2-4-17/h5-6,8H,1-4,13H2,(H,14,15,16). The largest absolute Gasteiger partial charge is 0.339 e. The van der Waals surface area contributed by atoms with Crippen molar-refractivity contribution in [1.82, 2.24) is 15.2 Å². The van der Waals surface area contributed by atoms with Crippen LogP contribution in [-0.4, -0.2) is 34.3 Å². The van der Waals surface area contributed by atoms with Gasteiger partial charge in [-0.25, -0.2) is 0 Å². The normalized spacial score (nSPS) is 17.3. The molecule has 2 aromatic heterocycles. The van der Waals surface area contributed by atoms with Crippen LogP contribution in [0.3, 0.4) is 0 Å². The van der Waals surface area contributed by atoms with Crippen molar-refractivity contribution in [2.45, 2.75) is 18.9 Å². The first kappa shape index (κ1) is 12.1. The van der Waals surface area contributed by atoms with Gasteiger partial charge in [-0.1, -0.05) is 0 Å². The first-order valence-corrected chi connectivity index (χ1v) is 7.57. The molecule has 0 atom stereocenters. The topological polar surface area (TPSA) is 70.8 Å². The number of hydrogen-bond donors (Lipinski definition) is 2. The lowest BCUT2D eigenvalue weighted by Gasteiger charge is -2.28. The molecule has 0 saturated carbocycles. The van der Waals surface area contributed by atoms with Crippen LogP contribution in [0.15, 0.2) is 15.2 Å². The average molecular weight is 328 g/mol. The minimum atomic E-state index is 0.326. The molecular weight excluding hydrogens is 314 g/mol. The molecule has 3 N–H and O–H groups in total. The maximum absolute atomic E-state index is 5.89. The van der Waals surface area contributed by atoms with E-state index in [-0.39, 0.29) is 0 Å². The van der Waals surface area contributed by atoms with Gasteiger partial charge < -0.3 is 10.6 Å². The van der Waals surface area contributed by atoms with Gasteiger partial charge in [0, 0.05) is 30.1 Å². The number of hydrogen-bond acceptors (Lipinski definition) is 5. The molecule has 1 saturated heterocycles. The zero-order valence-corrected chi connectivity index (χ0v) is 12.2. The molecule has 96 valence electrons. The van der Waals surface area contributed by atoms with Crippen molar-refractivity contribution in [1.29, 1.82) is 0 Å². The van der Waals surface area contributed by atoms with Gasteiger partial charge in [0.15, 0.2) is 5.82 Å². The van der Waals surface area contributed by atoms with E-state index in [4.69, 9.17) is 5.73 Å². The van der Waals surface area contributed by atoms with Gasteiger partial charge in [0.2, 0.25) is 5.95 Å². The van der Waals surface area contributed by atoms with Crippen LogP contribution in [0.2, 0.25) is 0 Å². The Morgan fingerprint density at radius 3 is 2.89 bits per heavy atom. The number of rotatable bonds is 2. The van der Waals surface area contributed by atoms with E-state index in [1.54, 1.807) is 11.3 Å². The minimum absolute atomic E-state index is 0.326. The second-order valence-electron chi connectivity index (χ2n) is 4.45. The van der Waals surface area contributed by atoms with Crippen LogP contribution in [0.4, 0.5) is 5.95 Å². The van der Waals surface area contributed by atoms with Gasteiger partial charge in [-0.05, 0) is 34.8 Å². The molecule has 0 unspecified atom stereocenters. The Labute approximate surface area is 118 Å². The van der Waals surface area contributed by atoms with E-state index in [1.807, 2.05) is 6.07 Å². The lowest BCUT2D eigenvalue weighted by Crippen LogP contribution is -2.40. The van der Waals surface area contributed by atoms with Crippen LogP contribution in [0.1, 0.15) is 12.8 Å². The van der Waals surface area contributed by atoms with Gasteiger partial charge in [0.05, 0.1) is 3.79 Å². The molecule has 0 aliphatic carbocycles. The van der Waals surface area contributed by atoms with Crippen molar-refractivity contribution in [2.75, 3.05) is 18.0 Å². The van der Waals surface area contributed by atoms with Crippen molar-refractivity contribution in [3.8, 4) is 11.4 Å². The van der Waals surface area contributed by atoms with E-state index < -0.39 is 0 Å². The van der Waals surface area contributed by atoms with Crippen LogP contribution < -0.4 is 10.6 Å². The number of piperidine rings is 1. The Morgan fingerprint density at radius 1 is 1.44 bits per heavy atom. The highest BCUT2D eigenvalue weighted by atomic mass is 79.9. The lowest BCUT2D eigenvalue weighted by molar-refractivity contribution is 0.496. The van der Waals surface area contributed by atoms with E-state index in [0.29, 0.717) is 6.04 Å². The average Bonchev–Trinajstić information content (AvgIpc) is 2.98. The van der Waals surface area contributed by atoms with E-state index in [1.165, 1.54) is 0 Å². The molecule has 0 radical (unpaired) electrons. The summed E-state index contributed by atoms with van der Waals surface area (Å²) in [4.78, 5) is 6.73. The summed E-state index contributed by atoms with van der Waals surface area (Å²) in [6.45, 7) is 1.87. The summed E-state index contributed by atoms with van der Waals surface area (Å²) in [7, 11) is 0. The Bertz CT molecular complexity index is 529. The molecule has 0 amide bonds. The molecule has 3 rings (SSSR count). The Kier molecular flexibility index (Phi) is 3.36. The fourth-order valence-corrected chi connectivity index (χ4v) is 3.20. The first-order chi connectivity index (χ1) is 8.72. The Balaban J connectivity index is 1.77. The van der Waals surface area contributed by atoms with Crippen molar-refractivity contribution in [3.63, 3.8) is 0 Å². The third kappa shape index (κ3) is 2.43. The minimum Gasteiger partial charge on any atom is -0.339 e. The van der Waals surface area contributed by atoms with Crippen LogP contribution in [-0.2, 0) is 0 Å². The fraction of sp³-hybridized carbons (Fsp3) is 0.455. The highest BCUT2D eigenvalue weighted by Crippen LogP contribution is 2.27. The molecule has 7 heteroatoms. The summed E-state index contributed by atoms with van der Waals surface area (Å²) < 4.78 is 1.10. The molecule has 3 heterocycles. The Hall–Kier alpha value is -0.920. The smallest absolute Gasteiger partial charge is 0.245 e. The van der Waals surface area contributed by atoms with E-state index in [0.717, 1.165) is 47.1 Å². The summed E-state index contributed by atoms with van der Waals surface area (Å²) in [6, 6.07) is 2.37. The number of nitrogens with zero attached hydrogens (tertiary/aromatic N) is 3. The molecule has 1 aliphatic heterocycles. The SMILES string of the molecule is NC1CCN(c2n[nH]c(-c3csc(Br)c3)n2)CC1. The lowest BCUT2D eigenvalue weighted by atomic mass is 10.1. The monoisotopic (exact) mass is 327 g/mol. The summed E-state index contributed by atoms with van der Waals surface area (Å²) in [5, 5.41) is 9.34. The maximum atomic E-state index is 5.89. The van der Waals surface area contributed by atoms with E-state index in [9.17, 15) is 0 Å². The molecule has 0 spiro atoms. The molecule has 0 aromatic carbocycles. The third-order valence-electron chi connectivity index (χ3n) is 3.14. The van der Waals surface area contributed by atoms with Gasteiger partial charge in [-0.3, -0.25) is 5.10 Å². The predicted molar refractivity (Wildman–Crippen MR) is 76.8 cm³/mol. The van der Waals surface area contributed by atoms with Crippen molar-refractivity contribution in [2.24, 2.45) is 5.73 Å². The molecule has 18 heavy (non-hydrogen) atoms. The quantitative estimate of drug-likeness (QED) is 0.887. The van der Waals surface area contributed by atoms with Crippen molar-refractivity contribution < 1.29 is 0 Å². The van der Waals surface area contributed by atoms with Crippen molar-refractivity contribution in [3.05, 3.63) is 15.2 Å². The predicted octanol–water partition coefficient (Wildman–Crippen LogP) is 2.22. The highest BCUT2D eigenvalue weighted by Gasteiger charge is 2.19. The second-order valence-corrected chi connectivity index (χ2v) is 6.74. The number of anilines is 1. The third-order valence-corrected chi connectivity index (χ3v) is 4.64. The number of halogens is 1. The molecule has 1 aliphatic rings. The molecular formula is C11H14BrN5S. The van der Waals surface area contributed by atoms with Gasteiger partial charge in [0.1, 0.15) is 0 Å². The van der Waals surface area contributed by atoms with Gasteiger partial charge >= 0.3 is 0 Å². The number of aromatic amines is 1. The number of nitrogens with two attached hydrogens (primary N) is 1. The van der Waals surface area contributed by atoms with Crippen LogP contribution in [0, 0.1) is 0 Å². The number of thiophene rings is 1. The van der Waals surface area contributed by atoms with Gasteiger partial charge in [-0.15, -0.1) is 16.4 Å². The molecule has 1 fully saturated rings. The first-order valence-electron chi connectivity index (χ1n) is 5.90. The summed E-state index contributed by atoms with van der Waals surface area (Å²) in [6.07, 6.45) is 2.02. The zero-order valence-electron chi connectivity index (χ0n) is 9.77. The van der Waals surface area contributed by atoms with E-state index in [2.05, 4.69) is 41.4 Å². The zero-order chi connectivity index (χ0) is 12.5. The van der Waals surface area contributed by atoms with Crippen LogP contribution in [0.25, 0.3) is 11.4 Å². The second kappa shape index (κ2) is 4.99. The van der Waals surface area contributed by atoms with Crippen molar-refractivity contribution >= 4 is 33.2 Å². The maximum Gasteiger partial charge on any atom is 0.245 e. The summed E-state index contributed by atoms with van der Waals surface area (Å²) >= 11 is 5.09. The number of H-pyrrole nitrogens is 1. The van der Waals surface area contributed by atoms with Crippen LogP contribution >= 0.6 is 27.3 Å². The summed E-state index contributed by atoms with van der Waals surface area (Å²) in [5.74, 6) is 1.60. The van der Waals surface area contributed by atoms with Gasteiger partial charge in [0.25, 0.3) is 0 Å². The molecule has 2 aromatic rings. The Morgan fingerprint density at radius 2 is 2.22 bits per heavy atom. The number of aromatic nitrogens is 3. The van der Waals surface area contributed by atoms with Gasteiger partial charge in [-0.2, -0.15) is 4.98 Å². The fourth-order valence-electron chi connectivity index (χ4n) is 2.06. The number of nitrogens with one attached hydrogen (secondary N) is 1. The molecule has 0 bridgehead atoms.